The van der Waals surface area contributed by atoms with E-state index in [1.807, 2.05) is 44.2 Å². The summed E-state index contributed by atoms with van der Waals surface area (Å²) in [5.74, 6) is 0.494. The smallest absolute Gasteiger partial charge is 0.352 e. The number of nitrogens with zero attached hydrogens (tertiary/aromatic N) is 3. The second kappa shape index (κ2) is 9.41. The lowest BCUT2D eigenvalue weighted by atomic mass is 10.2. The molecule has 2 aromatic heterocycles. The molecule has 7 nitrogen and oxygen atoms in total. The van der Waals surface area contributed by atoms with E-state index in [1.165, 1.54) is 0 Å². The first kappa shape index (κ1) is 22.0. The number of aromatic nitrogens is 3. The number of benzene rings is 1. The molecule has 0 atom stereocenters. The highest BCUT2D eigenvalue weighted by atomic mass is 19.4. The molecular formula is C21H21F3N6O. The lowest BCUT2D eigenvalue weighted by Gasteiger charge is -2.11. The van der Waals surface area contributed by atoms with Gasteiger partial charge in [0, 0.05) is 36.7 Å². The summed E-state index contributed by atoms with van der Waals surface area (Å²) in [5.41, 5.74) is 1.81. The van der Waals surface area contributed by atoms with E-state index in [9.17, 15) is 18.0 Å². The van der Waals surface area contributed by atoms with Crippen molar-refractivity contribution in [3.63, 3.8) is 0 Å². The molecule has 0 aliphatic carbocycles. The minimum absolute atomic E-state index is 0.0457. The molecule has 0 saturated carbocycles. The number of amides is 1. The minimum atomic E-state index is -4.54. The Bertz CT molecular complexity index is 1040. The van der Waals surface area contributed by atoms with Crippen molar-refractivity contribution in [2.24, 2.45) is 0 Å². The summed E-state index contributed by atoms with van der Waals surface area (Å²) in [5, 5.41) is 8.83. The molecule has 3 N–H and O–H groups in total. The Balaban J connectivity index is 1.51. The highest BCUT2D eigenvalue weighted by Crippen LogP contribution is 2.27. The van der Waals surface area contributed by atoms with Gasteiger partial charge in [-0.1, -0.05) is 17.7 Å². The maximum Gasteiger partial charge on any atom is 0.433 e. The lowest BCUT2D eigenvalue weighted by Crippen LogP contribution is -2.29. The first-order valence-electron chi connectivity index (χ1n) is 9.45. The molecule has 0 unspecified atom stereocenters. The Morgan fingerprint density at radius 3 is 2.39 bits per heavy atom. The van der Waals surface area contributed by atoms with Crippen molar-refractivity contribution in [1.29, 1.82) is 0 Å². The summed E-state index contributed by atoms with van der Waals surface area (Å²) in [4.78, 5) is 24.0. The highest BCUT2D eigenvalue weighted by Gasteiger charge is 2.32. The largest absolute Gasteiger partial charge is 0.433 e. The van der Waals surface area contributed by atoms with E-state index in [2.05, 4.69) is 30.9 Å². The number of alkyl halides is 3. The van der Waals surface area contributed by atoms with Gasteiger partial charge in [0.2, 0.25) is 5.95 Å². The van der Waals surface area contributed by atoms with E-state index in [0.717, 1.165) is 35.3 Å². The van der Waals surface area contributed by atoms with Crippen molar-refractivity contribution in [2.45, 2.75) is 20.0 Å². The third-order valence-corrected chi connectivity index (χ3v) is 4.19. The molecule has 31 heavy (non-hydrogen) atoms. The molecule has 162 valence electrons. The van der Waals surface area contributed by atoms with Gasteiger partial charge >= 0.3 is 6.18 Å². The third-order valence-electron chi connectivity index (χ3n) is 4.19. The van der Waals surface area contributed by atoms with Crippen LogP contribution in [0.2, 0.25) is 0 Å². The van der Waals surface area contributed by atoms with Crippen molar-refractivity contribution in [3.05, 3.63) is 71.2 Å². The predicted molar refractivity (Wildman–Crippen MR) is 111 cm³/mol. The van der Waals surface area contributed by atoms with Crippen LogP contribution < -0.4 is 16.0 Å². The van der Waals surface area contributed by atoms with Gasteiger partial charge in [0.05, 0.1) is 5.56 Å². The molecule has 0 radical (unpaired) electrons. The first-order chi connectivity index (χ1) is 14.7. The van der Waals surface area contributed by atoms with Crippen LogP contribution in [0.15, 0.2) is 48.7 Å². The molecule has 1 amide bonds. The topological polar surface area (TPSA) is 91.8 Å². The van der Waals surface area contributed by atoms with Gasteiger partial charge in [-0.05, 0) is 38.1 Å². The molecule has 0 spiro atoms. The number of carbonyl (C=O) groups is 1. The van der Waals surface area contributed by atoms with Gasteiger partial charge in [0.15, 0.2) is 0 Å². The average Bonchev–Trinajstić information content (AvgIpc) is 2.72. The Hall–Kier alpha value is -3.69. The van der Waals surface area contributed by atoms with Crippen LogP contribution in [-0.2, 0) is 6.18 Å². The van der Waals surface area contributed by atoms with Gasteiger partial charge in [-0.15, -0.1) is 0 Å². The number of halogens is 3. The fourth-order valence-corrected chi connectivity index (χ4v) is 2.64. The average molecular weight is 430 g/mol. The maximum absolute atomic E-state index is 12.5. The van der Waals surface area contributed by atoms with Crippen LogP contribution in [0.1, 0.15) is 27.3 Å². The number of hydrogen-bond acceptors (Lipinski definition) is 6. The van der Waals surface area contributed by atoms with Crippen molar-refractivity contribution >= 4 is 23.4 Å². The molecule has 1 aromatic carbocycles. The molecule has 3 aromatic rings. The zero-order valence-electron chi connectivity index (χ0n) is 16.9. The Kier molecular flexibility index (Phi) is 6.68. The van der Waals surface area contributed by atoms with Gasteiger partial charge in [-0.25, -0.2) is 4.98 Å². The molecule has 0 fully saturated rings. The van der Waals surface area contributed by atoms with E-state index in [1.54, 1.807) is 0 Å². The first-order valence-corrected chi connectivity index (χ1v) is 9.45. The van der Waals surface area contributed by atoms with E-state index in [0.29, 0.717) is 18.3 Å². The molecule has 0 aliphatic rings. The molecule has 0 aliphatic heterocycles. The van der Waals surface area contributed by atoms with Gasteiger partial charge in [-0.2, -0.15) is 18.2 Å². The summed E-state index contributed by atoms with van der Waals surface area (Å²) in [6.07, 6.45) is -3.64. The minimum Gasteiger partial charge on any atom is -0.352 e. The van der Waals surface area contributed by atoms with Crippen LogP contribution in [0.3, 0.4) is 0 Å². The zero-order valence-corrected chi connectivity index (χ0v) is 16.9. The second-order valence-corrected chi connectivity index (χ2v) is 6.82. The van der Waals surface area contributed by atoms with E-state index >= 15 is 0 Å². The maximum atomic E-state index is 12.5. The highest BCUT2D eigenvalue weighted by molar-refractivity contribution is 5.93. The molecule has 10 heteroatoms. The van der Waals surface area contributed by atoms with Gasteiger partial charge in [0.25, 0.3) is 5.91 Å². The van der Waals surface area contributed by atoms with Crippen molar-refractivity contribution in [2.75, 3.05) is 23.7 Å². The number of aryl methyl sites for hydroxylation is 2. The van der Waals surface area contributed by atoms with Gasteiger partial charge in [0.1, 0.15) is 11.5 Å². The zero-order chi connectivity index (χ0) is 22.4. The predicted octanol–water partition coefficient (Wildman–Crippen LogP) is 4.09. The summed E-state index contributed by atoms with van der Waals surface area (Å²) in [6, 6.07) is 11.6. The SMILES string of the molecule is Cc1ccc(Nc2cc(C)nc(NCCNC(=O)c3ccc(C(F)(F)F)nc3)n2)cc1. The number of nitrogens with one attached hydrogen (secondary N) is 3. The fraction of sp³-hybridized carbons (Fsp3) is 0.238. The number of rotatable bonds is 7. The third kappa shape index (κ3) is 6.39. The van der Waals surface area contributed by atoms with Crippen molar-refractivity contribution < 1.29 is 18.0 Å². The van der Waals surface area contributed by atoms with Gasteiger partial charge in [-0.3, -0.25) is 9.78 Å². The molecule has 2 heterocycles. The second-order valence-electron chi connectivity index (χ2n) is 6.82. The molecule has 3 rings (SSSR count). The van der Waals surface area contributed by atoms with Gasteiger partial charge < -0.3 is 16.0 Å². The van der Waals surface area contributed by atoms with Crippen LogP contribution >= 0.6 is 0 Å². The standard InChI is InChI=1S/C21H21F3N6O/c1-13-3-6-16(7-4-13)29-18-11-14(2)28-20(30-18)26-10-9-25-19(31)15-5-8-17(27-12-15)21(22,23)24/h3-8,11-12H,9-10H2,1-2H3,(H,25,31)(H2,26,28,29,30). The summed E-state index contributed by atoms with van der Waals surface area (Å²) >= 11 is 0. The summed E-state index contributed by atoms with van der Waals surface area (Å²) < 4.78 is 37.6. The molecule has 0 saturated heterocycles. The quantitative estimate of drug-likeness (QED) is 0.489. The number of hydrogen-bond donors (Lipinski definition) is 3. The molecule has 0 bridgehead atoms. The van der Waals surface area contributed by atoms with Crippen LogP contribution in [0.25, 0.3) is 0 Å². The van der Waals surface area contributed by atoms with Crippen molar-refractivity contribution in [1.82, 2.24) is 20.3 Å². The van der Waals surface area contributed by atoms with E-state index in [4.69, 9.17) is 0 Å². The monoisotopic (exact) mass is 430 g/mol. The summed E-state index contributed by atoms with van der Waals surface area (Å²) in [7, 11) is 0. The van der Waals surface area contributed by atoms with Crippen LogP contribution in [0.4, 0.5) is 30.6 Å². The number of pyridine rings is 1. The van der Waals surface area contributed by atoms with Crippen LogP contribution in [0, 0.1) is 13.8 Å². The normalized spacial score (nSPS) is 11.1. The number of anilines is 3. The van der Waals surface area contributed by atoms with Crippen LogP contribution in [-0.4, -0.2) is 33.9 Å². The lowest BCUT2D eigenvalue weighted by molar-refractivity contribution is -0.141. The van der Waals surface area contributed by atoms with E-state index < -0.39 is 17.8 Å². The van der Waals surface area contributed by atoms with Crippen molar-refractivity contribution in [3.8, 4) is 0 Å². The fourth-order valence-electron chi connectivity index (χ4n) is 2.64. The summed E-state index contributed by atoms with van der Waals surface area (Å²) in [6.45, 7) is 4.39. The number of carbonyl (C=O) groups excluding carboxylic acids is 1. The Morgan fingerprint density at radius 1 is 1.00 bits per heavy atom. The van der Waals surface area contributed by atoms with E-state index in [-0.39, 0.29) is 12.1 Å². The Labute approximate surface area is 177 Å². The van der Waals surface area contributed by atoms with Crippen LogP contribution in [0.5, 0.6) is 0 Å². The molecular weight excluding hydrogens is 409 g/mol. The Morgan fingerprint density at radius 2 is 1.74 bits per heavy atom.